The normalized spacial score (nSPS) is 11.5. The van der Waals surface area contributed by atoms with Gasteiger partial charge in [0.2, 0.25) is 0 Å². The molecule has 1 atom stereocenters. The number of carbonyl (C=O) groups excluding carboxylic acids is 2. The number of hydrogen-bond donors (Lipinski definition) is 2. The van der Waals surface area contributed by atoms with E-state index < -0.39 is 23.9 Å². The second kappa shape index (κ2) is 7.32. The number of hydrazine groups is 1. The van der Waals surface area contributed by atoms with E-state index in [1.54, 1.807) is 13.0 Å². The number of esters is 1. The van der Waals surface area contributed by atoms with E-state index in [1.807, 2.05) is 0 Å². The molecule has 0 spiro atoms. The Kier molecular flexibility index (Phi) is 5.74. The third kappa shape index (κ3) is 4.22. The molecular weight excluding hydrogens is 255 g/mol. The Morgan fingerprint density at radius 1 is 1.37 bits per heavy atom. The van der Waals surface area contributed by atoms with Crippen LogP contribution in [0.1, 0.15) is 18.5 Å². The van der Waals surface area contributed by atoms with Crippen molar-refractivity contribution in [3.63, 3.8) is 0 Å². The van der Waals surface area contributed by atoms with Crippen molar-refractivity contribution in [2.24, 2.45) is 0 Å². The van der Waals surface area contributed by atoms with Gasteiger partial charge in [-0.2, -0.15) is 0 Å². The molecule has 0 bridgehead atoms. The number of carbonyl (C=O) groups is 2. The number of benzene rings is 1. The molecule has 0 saturated carbocycles. The third-order valence-corrected chi connectivity index (χ3v) is 2.24. The van der Waals surface area contributed by atoms with Gasteiger partial charge in [0, 0.05) is 5.56 Å². The Balaban J connectivity index is 2.89. The minimum atomic E-state index is -1.15. The molecule has 0 aliphatic heterocycles. The molecule has 1 unspecified atom stereocenters. The van der Waals surface area contributed by atoms with Gasteiger partial charge in [-0.1, -0.05) is 18.2 Å². The summed E-state index contributed by atoms with van der Waals surface area (Å²) >= 11 is 0. The first-order valence-electron chi connectivity index (χ1n) is 5.60. The average Bonchev–Trinajstić information content (AvgIpc) is 2.41. The SMILES string of the molecule is CCOC(=O)C(NNC(=O)OC)c1ccccc1F. The van der Waals surface area contributed by atoms with Gasteiger partial charge in [-0.3, -0.25) is 5.43 Å². The lowest BCUT2D eigenvalue weighted by Gasteiger charge is -2.18. The number of methoxy groups -OCH3 is 1. The fourth-order valence-electron chi connectivity index (χ4n) is 1.38. The first-order valence-corrected chi connectivity index (χ1v) is 5.60. The van der Waals surface area contributed by atoms with E-state index in [0.717, 1.165) is 0 Å². The van der Waals surface area contributed by atoms with E-state index in [1.165, 1.54) is 25.3 Å². The number of amides is 1. The van der Waals surface area contributed by atoms with Gasteiger partial charge in [-0.25, -0.2) is 19.4 Å². The smallest absolute Gasteiger partial charge is 0.421 e. The molecule has 1 amide bonds. The topological polar surface area (TPSA) is 76.7 Å². The zero-order valence-corrected chi connectivity index (χ0v) is 10.6. The Morgan fingerprint density at radius 2 is 2.05 bits per heavy atom. The molecular formula is C12H15FN2O4. The maximum absolute atomic E-state index is 13.7. The van der Waals surface area contributed by atoms with Crippen molar-refractivity contribution in [1.29, 1.82) is 0 Å². The van der Waals surface area contributed by atoms with Crippen LogP contribution in [0, 0.1) is 5.82 Å². The summed E-state index contributed by atoms with van der Waals surface area (Å²) in [6, 6.07) is 4.55. The number of halogens is 1. The zero-order valence-electron chi connectivity index (χ0n) is 10.6. The summed E-state index contributed by atoms with van der Waals surface area (Å²) < 4.78 is 22.8. The monoisotopic (exact) mass is 270 g/mol. The number of ether oxygens (including phenoxy) is 2. The number of hydrogen-bond acceptors (Lipinski definition) is 5. The van der Waals surface area contributed by atoms with Crippen LogP contribution in [0.25, 0.3) is 0 Å². The summed E-state index contributed by atoms with van der Waals surface area (Å²) in [5.41, 5.74) is 4.56. The quantitative estimate of drug-likeness (QED) is 0.623. The van der Waals surface area contributed by atoms with Crippen LogP contribution in [-0.2, 0) is 14.3 Å². The maximum atomic E-state index is 13.7. The zero-order chi connectivity index (χ0) is 14.3. The van der Waals surface area contributed by atoms with Crippen LogP contribution in [0.2, 0.25) is 0 Å². The lowest BCUT2D eigenvalue weighted by molar-refractivity contribution is -0.146. The fourth-order valence-corrected chi connectivity index (χ4v) is 1.38. The maximum Gasteiger partial charge on any atom is 0.421 e. The molecule has 1 aromatic rings. The van der Waals surface area contributed by atoms with Crippen molar-refractivity contribution >= 4 is 12.1 Å². The molecule has 104 valence electrons. The van der Waals surface area contributed by atoms with Crippen LogP contribution in [0.4, 0.5) is 9.18 Å². The first-order chi connectivity index (χ1) is 9.10. The molecule has 0 saturated heterocycles. The summed E-state index contributed by atoms with van der Waals surface area (Å²) in [6.07, 6.45) is -0.800. The summed E-state index contributed by atoms with van der Waals surface area (Å²) in [5.74, 6) is -1.29. The fraction of sp³-hybridized carbons (Fsp3) is 0.333. The highest BCUT2D eigenvalue weighted by Gasteiger charge is 2.25. The molecule has 0 fully saturated rings. The van der Waals surface area contributed by atoms with Gasteiger partial charge in [0.25, 0.3) is 0 Å². The Bertz CT molecular complexity index is 453. The van der Waals surface area contributed by atoms with Crippen molar-refractivity contribution in [2.75, 3.05) is 13.7 Å². The molecule has 1 rings (SSSR count). The lowest BCUT2D eigenvalue weighted by Crippen LogP contribution is -2.43. The van der Waals surface area contributed by atoms with Crippen molar-refractivity contribution in [3.05, 3.63) is 35.6 Å². The largest absolute Gasteiger partial charge is 0.465 e. The van der Waals surface area contributed by atoms with E-state index in [9.17, 15) is 14.0 Å². The van der Waals surface area contributed by atoms with Gasteiger partial charge >= 0.3 is 12.1 Å². The highest BCUT2D eigenvalue weighted by molar-refractivity contribution is 5.78. The van der Waals surface area contributed by atoms with Crippen molar-refractivity contribution in [2.45, 2.75) is 13.0 Å². The minimum absolute atomic E-state index is 0.0670. The summed E-state index contributed by atoms with van der Waals surface area (Å²) in [6.45, 7) is 1.77. The van der Waals surface area contributed by atoms with Crippen molar-refractivity contribution in [1.82, 2.24) is 10.9 Å². The number of rotatable bonds is 5. The van der Waals surface area contributed by atoms with Crippen LogP contribution in [0.15, 0.2) is 24.3 Å². The lowest BCUT2D eigenvalue weighted by atomic mass is 10.1. The highest BCUT2D eigenvalue weighted by atomic mass is 19.1. The molecule has 0 aromatic heterocycles. The summed E-state index contributed by atoms with van der Waals surface area (Å²) in [4.78, 5) is 22.7. The average molecular weight is 270 g/mol. The second-order valence-electron chi connectivity index (χ2n) is 3.47. The van der Waals surface area contributed by atoms with Gasteiger partial charge in [0.05, 0.1) is 13.7 Å². The molecule has 0 radical (unpaired) electrons. The van der Waals surface area contributed by atoms with E-state index in [4.69, 9.17) is 4.74 Å². The van der Waals surface area contributed by atoms with Gasteiger partial charge in [-0.15, -0.1) is 0 Å². The van der Waals surface area contributed by atoms with E-state index >= 15 is 0 Å². The molecule has 0 aliphatic rings. The van der Waals surface area contributed by atoms with Crippen LogP contribution >= 0.6 is 0 Å². The highest BCUT2D eigenvalue weighted by Crippen LogP contribution is 2.17. The van der Waals surface area contributed by atoms with E-state index in [0.29, 0.717) is 0 Å². The Hall–Kier alpha value is -2.15. The van der Waals surface area contributed by atoms with Gasteiger partial charge in [0.15, 0.2) is 6.04 Å². The van der Waals surface area contributed by atoms with E-state index in [2.05, 4.69) is 15.6 Å². The summed E-state index contributed by atoms with van der Waals surface area (Å²) in [5, 5.41) is 0. The molecule has 2 N–H and O–H groups in total. The standard InChI is InChI=1S/C12H15FN2O4/c1-3-19-11(16)10(14-15-12(17)18-2)8-6-4-5-7-9(8)13/h4-7,10,14H,3H2,1-2H3,(H,15,17). The van der Waals surface area contributed by atoms with Crippen LogP contribution < -0.4 is 10.9 Å². The molecule has 19 heavy (non-hydrogen) atoms. The number of nitrogens with one attached hydrogen (secondary N) is 2. The van der Waals surface area contributed by atoms with Crippen LogP contribution in [0.5, 0.6) is 0 Å². The predicted molar refractivity (Wildman–Crippen MR) is 64.5 cm³/mol. The van der Waals surface area contributed by atoms with Crippen molar-refractivity contribution in [3.8, 4) is 0 Å². The van der Waals surface area contributed by atoms with Crippen molar-refractivity contribution < 1.29 is 23.5 Å². The third-order valence-electron chi connectivity index (χ3n) is 2.24. The molecule has 6 nitrogen and oxygen atoms in total. The van der Waals surface area contributed by atoms with Gasteiger partial charge in [0.1, 0.15) is 5.82 Å². The molecule has 0 aliphatic carbocycles. The van der Waals surface area contributed by atoms with E-state index in [-0.39, 0.29) is 12.2 Å². The van der Waals surface area contributed by atoms with Gasteiger partial charge < -0.3 is 9.47 Å². The first kappa shape index (κ1) is 14.9. The second-order valence-corrected chi connectivity index (χ2v) is 3.47. The molecule has 1 aromatic carbocycles. The molecule has 7 heteroatoms. The van der Waals surface area contributed by atoms with Gasteiger partial charge in [-0.05, 0) is 13.0 Å². The Morgan fingerprint density at radius 3 is 2.63 bits per heavy atom. The van der Waals surface area contributed by atoms with Crippen LogP contribution in [-0.4, -0.2) is 25.8 Å². The summed E-state index contributed by atoms with van der Waals surface area (Å²) in [7, 11) is 1.17. The minimum Gasteiger partial charge on any atom is -0.465 e. The van der Waals surface area contributed by atoms with Crippen LogP contribution in [0.3, 0.4) is 0 Å². The Labute approximate surface area is 109 Å². The molecule has 0 heterocycles. The predicted octanol–water partition coefficient (Wildman–Crippen LogP) is 1.29.